The highest BCUT2D eigenvalue weighted by atomic mass is 19.4. The van der Waals surface area contributed by atoms with Gasteiger partial charge < -0.3 is 15.4 Å². The molecule has 3 aromatic heterocycles. The third kappa shape index (κ3) is 5.81. The van der Waals surface area contributed by atoms with E-state index >= 15 is 0 Å². The second kappa shape index (κ2) is 10.7. The second-order valence-corrected chi connectivity index (χ2v) is 9.57. The highest BCUT2D eigenvalue weighted by Gasteiger charge is 2.32. The summed E-state index contributed by atoms with van der Waals surface area (Å²) in [7, 11) is 1.67. The molecule has 0 aliphatic heterocycles. The van der Waals surface area contributed by atoms with Crippen LogP contribution in [0.25, 0.3) is 17.2 Å². The van der Waals surface area contributed by atoms with Crippen molar-refractivity contribution in [3.63, 3.8) is 0 Å². The zero-order valence-electron chi connectivity index (χ0n) is 22.1. The lowest BCUT2D eigenvalue weighted by Crippen LogP contribution is -2.30. The minimum atomic E-state index is -5.09. The molecule has 5 aromatic rings. The summed E-state index contributed by atoms with van der Waals surface area (Å²) in [6.45, 7) is -0.278. The molecule has 0 saturated heterocycles. The van der Waals surface area contributed by atoms with Crippen LogP contribution in [0.3, 0.4) is 0 Å². The topological polar surface area (TPSA) is 154 Å². The normalized spacial score (nSPS) is 14.5. The molecule has 1 atom stereocenters. The van der Waals surface area contributed by atoms with Gasteiger partial charge in [-0.05, 0) is 52.9 Å². The maximum absolute atomic E-state index is 13.7. The van der Waals surface area contributed by atoms with E-state index in [1.807, 2.05) is 18.2 Å². The van der Waals surface area contributed by atoms with E-state index in [1.54, 1.807) is 7.05 Å². The predicted octanol–water partition coefficient (Wildman–Crippen LogP) is 2.70. The molecule has 17 heteroatoms. The van der Waals surface area contributed by atoms with Crippen LogP contribution in [-0.2, 0) is 20.0 Å². The summed E-state index contributed by atoms with van der Waals surface area (Å²) in [5, 5.41) is 21.6. The van der Waals surface area contributed by atoms with Crippen LogP contribution < -0.4 is 15.4 Å². The number of amides is 2. The molecule has 220 valence electrons. The standard InChI is InChI=1S/C26H20F4N10O3/c1-39-37-22(36-38-39)15-3-5-16-14(9-15)4-7-18(16)34-24(42)20-10-19(35-25-32-12-33-40(20)25)23(41)31-11-13-2-6-17(27)21(8-13)43-26(28,29)30/h2-3,5-6,8-10,12,18H,4,7,11H2,1H3,(H,31,41)(H,34,42)/t18-/m0/s1. The molecule has 13 nitrogen and oxygen atoms in total. The number of ether oxygens (including phenoxy) is 1. The van der Waals surface area contributed by atoms with Crippen molar-refractivity contribution in [2.45, 2.75) is 31.8 Å². The predicted molar refractivity (Wildman–Crippen MR) is 138 cm³/mol. The number of hydrogen-bond donors (Lipinski definition) is 2. The number of rotatable bonds is 7. The van der Waals surface area contributed by atoms with Crippen molar-refractivity contribution >= 4 is 17.6 Å². The van der Waals surface area contributed by atoms with E-state index in [1.165, 1.54) is 27.8 Å². The number of aromatic nitrogens is 8. The molecule has 0 spiro atoms. The molecule has 0 fully saturated rings. The summed E-state index contributed by atoms with van der Waals surface area (Å²) in [6, 6.07) is 9.43. The largest absolute Gasteiger partial charge is 0.573 e. The van der Waals surface area contributed by atoms with Crippen molar-refractivity contribution in [2.24, 2.45) is 7.05 Å². The van der Waals surface area contributed by atoms with Gasteiger partial charge in [-0.25, -0.2) is 9.37 Å². The summed E-state index contributed by atoms with van der Waals surface area (Å²) in [4.78, 5) is 35.8. The van der Waals surface area contributed by atoms with Gasteiger partial charge in [0, 0.05) is 18.2 Å². The molecule has 1 aliphatic carbocycles. The van der Waals surface area contributed by atoms with Gasteiger partial charge in [-0.15, -0.1) is 23.4 Å². The number of nitrogens with zero attached hydrogens (tertiary/aromatic N) is 8. The van der Waals surface area contributed by atoms with E-state index in [4.69, 9.17) is 0 Å². The maximum Gasteiger partial charge on any atom is 0.573 e. The average Bonchev–Trinajstić information content (AvgIpc) is 3.71. The molecule has 0 saturated carbocycles. The van der Waals surface area contributed by atoms with Crippen LogP contribution in [0.1, 0.15) is 50.1 Å². The van der Waals surface area contributed by atoms with E-state index in [0.717, 1.165) is 28.8 Å². The Labute approximate surface area is 238 Å². The number of tetrazole rings is 1. The first kappa shape index (κ1) is 27.7. The monoisotopic (exact) mass is 596 g/mol. The number of fused-ring (bicyclic) bond motifs is 2. The fraction of sp³-hybridized carbons (Fsp3) is 0.231. The van der Waals surface area contributed by atoms with Crippen molar-refractivity contribution < 1.29 is 31.9 Å². The molecule has 6 rings (SSSR count). The summed E-state index contributed by atoms with van der Waals surface area (Å²) >= 11 is 0. The zero-order valence-corrected chi connectivity index (χ0v) is 22.1. The molecule has 2 N–H and O–H groups in total. The third-order valence-electron chi connectivity index (χ3n) is 6.68. The van der Waals surface area contributed by atoms with Crippen molar-refractivity contribution in [1.29, 1.82) is 0 Å². The minimum absolute atomic E-state index is 0.0101. The van der Waals surface area contributed by atoms with Crippen molar-refractivity contribution in [3.8, 4) is 17.1 Å². The molecule has 0 unspecified atom stereocenters. The minimum Gasteiger partial charge on any atom is -0.403 e. The Morgan fingerprint density at radius 1 is 1.12 bits per heavy atom. The van der Waals surface area contributed by atoms with E-state index in [-0.39, 0.29) is 35.3 Å². The summed E-state index contributed by atoms with van der Waals surface area (Å²) in [6.07, 6.45) is -2.57. The average molecular weight is 597 g/mol. The van der Waals surface area contributed by atoms with Crippen molar-refractivity contribution in [1.82, 2.24) is 50.4 Å². The SMILES string of the molecule is Cn1nnc(-c2ccc3c(c2)CC[C@@H]3NC(=O)c2cc(C(=O)NCc3ccc(F)c(OC(F)(F)F)c3)nc3ncnn23)n1. The van der Waals surface area contributed by atoms with Gasteiger partial charge in [-0.2, -0.15) is 19.4 Å². The number of aryl methyl sites for hydroxylation is 2. The molecule has 43 heavy (non-hydrogen) atoms. The van der Waals surface area contributed by atoms with Crippen LogP contribution in [0.4, 0.5) is 17.6 Å². The van der Waals surface area contributed by atoms with Crippen LogP contribution in [0.15, 0.2) is 48.8 Å². The van der Waals surface area contributed by atoms with E-state index < -0.39 is 29.7 Å². The fourth-order valence-electron chi connectivity index (χ4n) is 4.76. The number of benzene rings is 2. The number of halogens is 4. The highest BCUT2D eigenvalue weighted by Crippen LogP contribution is 2.34. The van der Waals surface area contributed by atoms with Gasteiger partial charge in [0.15, 0.2) is 11.6 Å². The fourth-order valence-corrected chi connectivity index (χ4v) is 4.76. The van der Waals surface area contributed by atoms with Crippen molar-refractivity contribution in [2.75, 3.05) is 0 Å². The lowest BCUT2D eigenvalue weighted by molar-refractivity contribution is -0.275. The highest BCUT2D eigenvalue weighted by molar-refractivity contribution is 5.98. The van der Waals surface area contributed by atoms with Gasteiger partial charge in [0.05, 0.1) is 13.1 Å². The lowest BCUT2D eigenvalue weighted by atomic mass is 10.0. The first-order valence-electron chi connectivity index (χ1n) is 12.8. The van der Waals surface area contributed by atoms with Crippen LogP contribution in [-0.4, -0.2) is 58.0 Å². The van der Waals surface area contributed by atoms with Gasteiger partial charge in [0.1, 0.15) is 17.7 Å². The van der Waals surface area contributed by atoms with Crippen LogP contribution >= 0.6 is 0 Å². The molecule has 1 aliphatic rings. The molecule has 0 radical (unpaired) electrons. The first-order valence-corrected chi connectivity index (χ1v) is 12.8. The Kier molecular flexibility index (Phi) is 6.91. The number of carbonyl (C=O) groups excluding carboxylic acids is 2. The number of nitrogens with one attached hydrogen (secondary N) is 2. The van der Waals surface area contributed by atoms with E-state index in [2.05, 4.69) is 45.8 Å². The molecule has 2 aromatic carbocycles. The summed E-state index contributed by atoms with van der Waals surface area (Å²) in [5.41, 5.74) is 2.69. The van der Waals surface area contributed by atoms with Gasteiger partial charge in [-0.3, -0.25) is 9.59 Å². The van der Waals surface area contributed by atoms with Crippen LogP contribution in [0, 0.1) is 5.82 Å². The number of alkyl halides is 3. The second-order valence-electron chi connectivity index (χ2n) is 9.57. The number of carbonyl (C=O) groups is 2. The maximum atomic E-state index is 13.7. The molecular weight excluding hydrogens is 576 g/mol. The van der Waals surface area contributed by atoms with Crippen molar-refractivity contribution in [3.05, 3.63) is 82.7 Å². The van der Waals surface area contributed by atoms with Gasteiger partial charge in [0.2, 0.25) is 5.82 Å². The summed E-state index contributed by atoms with van der Waals surface area (Å²) in [5.74, 6) is -3.06. The Hall–Kier alpha value is -5.48. The number of hydrogen-bond acceptors (Lipinski definition) is 9. The van der Waals surface area contributed by atoms with E-state index in [9.17, 15) is 27.2 Å². The molecule has 3 heterocycles. The Bertz CT molecular complexity index is 1870. The van der Waals surface area contributed by atoms with Gasteiger partial charge in [-0.1, -0.05) is 18.2 Å². The zero-order chi connectivity index (χ0) is 30.3. The smallest absolute Gasteiger partial charge is 0.403 e. The molecular formula is C26H20F4N10O3. The Morgan fingerprint density at radius 3 is 2.72 bits per heavy atom. The molecule has 0 bridgehead atoms. The van der Waals surface area contributed by atoms with Crippen LogP contribution in [0.2, 0.25) is 0 Å². The lowest BCUT2D eigenvalue weighted by Gasteiger charge is -2.15. The van der Waals surface area contributed by atoms with Gasteiger partial charge >= 0.3 is 6.36 Å². The van der Waals surface area contributed by atoms with Crippen LogP contribution in [0.5, 0.6) is 5.75 Å². The Morgan fingerprint density at radius 2 is 1.95 bits per heavy atom. The third-order valence-corrected chi connectivity index (χ3v) is 6.68. The van der Waals surface area contributed by atoms with E-state index in [0.29, 0.717) is 18.7 Å². The first-order chi connectivity index (χ1) is 20.5. The summed E-state index contributed by atoms with van der Waals surface area (Å²) < 4.78 is 56.3. The molecule has 2 amide bonds. The Balaban J connectivity index is 1.18. The van der Waals surface area contributed by atoms with Gasteiger partial charge in [0.25, 0.3) is 17.6 Å². The quantitative estimate of drug-likeness (QED) is 0.270.